The molecule has 2 rings (SSSR count). The van der Waals surface area contributed by atoms with E-state index < -0.39 is 15.9 Å². The van der Waals surface area contributed by atoms with Gasteiger partial charge in [0, 0.05) is 11.9 Å². The van der Waals surface area contributed by atoms with Crippen LogP contribution in [0, 0.1) is 6.92 Å². The fourth-order valence-electron chi connectivity index (χ4n) is 1.99. The van der Waals surface area contributed by atoms with E-state index in [0.29, 0.717) is 16.3 Å². The number of sulfonamides is 1. The molecule has 2 aromatic rings. The second-order valence-electron chi connectivity index (χ2n) is 5.01. The molecule has 0 radical (unpaired) electrons. The average molecular weight is 354 g/mol. The van der Waals surface area contributed by atoms with Crippen LogP contribution in [0.2, 0.25) is 5.02 Å². The smallest absolute Gasteiger partial charge is 0.264 e. The van der Waals surface area contributed by atoms with E-state index in [-0.39, 0.29) is 11.5 Å². The highest BCUT2D eigenvalue weighted by molar-refractivity contribution is 7.90. The van der Waals surface area contributed by atoms with Crippen LogP contribution in [-0.4, -0.2) is 14.3 Å². The molecule has 0 aliphatic heterocycles. The number of nitrogens with one attached hydrogen (secondary N) is 1. The van der Waals surface area contributed by atoms with Gasteiger partial charge in [-0.15, -0.1) is 0 Å². The van der Waals surface area contributed by atoms with Gasteiger partial charge < -0.3 is 4.74 Å². The third kappa shape index (κ3) is 4.71. The number of benzene rings is 2. The molecule has 2 aromatic carbocycles. The summed E-state index contributed by atoms with van der Waals surface area (Å²) in [4.78, 5) is 11.0. The van der Waals surface area contributed by atoms with Gasteiger partial charge in [-0.05, 0) is 48.4 Å². The number of aryl methyl sites for hydroxylation is 1. The van der Waals surface area contributed by atoms with Gasteiger partial charge in [0.05, 0.1) is 4.90 Å². The maximum absolute atomic E-state index is 12.0. The summed E-state index contributed by atoms with van der Waals surface area (Å²) < 4.78 is 31.6. The number of carbonyl (C=O) groups excluding carboxylic acids is 1. The highest BCUT2D eigenvalue weighted by atomic mass is 35.5. The summed E-state index contributed by atoms with van der Waals surface area (Å²) in [6, 6.07) is 11.5. The van der Waals surface area contributed by atoms with Crippen LogP contribution in [0.5, 0.6) is 5.75 Å². The van der Waals surface area contributed by atoms with Crippen molar-refractivity contribution in [3.63, 3.8) is 0 Å². The van der Waals surface area contributed by atoms with Gasteiger partial charge in [-0.2, -0.15) is 0 Å². The van der Waals surface area contributed by atoms with Gasteiger partial charge in [0.15, 0.2) is 0 Å². The standard InChI is InChI=1S/C16H16ClNO4S/c1-11-8-14(17)6-7-16(11)22-10-13-4-3-5-15(9-13)23(20,21)18-12(2)19/h3-9H,10H2,1-2H3,(H,18,19). The minimum absolute atomic E-state index is 0.0154. The van der Waals surface area contributed by atoms with E-state index in [2.05, 4.69) is 0 Å². The van der Waals surface area contributed by atoms with Crippen molar-refractivity contribution >= 4 is 27.5 Å². The molecule has 0 saturated carbocycles. The van der Waals surface area contributed by atoms with E-state index in [1.807, 2.05) is 11.6 Å². The number of halogens is 1. The lowest BCUT2D eigenvalue weighted by atomic mass is 10.2. The zero-order valence-corrected chi connectivity index (χ0v) is 14.2. The van der Waals surface area contributed by atoms with Crippen LogP contribution in [0.15, 0.2) is 47.4 Å². The molecule has 5 nitrogen and oxygen atoms in total. The molecule has 0 bridgehead atoms. The fraction of sp³-hybridized carbons (Fsp3) is 0.188. The Morgan fingerprint density at radius 1 is 1.22 bits per heavy atom. The first kappa shape index (κ1) is 17.3. The summed E-state index contributed by atoms with van der Waals surface area (Å²) in [5.41, 5.74) is 1.56. The summed E-state index contributed by atoms with van der Waals surface area (Å²) in [6.45, 7) is 3.22. The van der Waals surface area contributed by atoms with E-state index in [1.54, 1.807) is 30.3 Å². The molecule has 0 aliphatic carbocycles. The quantitative estimate of drug-likeness (QED) is 0.896. The summed E-state index contributed by atoms with van der Waals surface area (Å²) in [6.07, 6.45) is 0. The van der Waals surface area contributed by atoms with Crippen molar-refractivity contribution in [2.24, 2.45) is 0 Å². The molecule has 0 aromatic heterocycles. The van der Waals surface area contributed by atoms with Gasteiger partial charge in [-0.3, -0.25) is 4.79 Å². The molecule has 7 heteroatoms. The Bertz CT molecular complexity index is 834. The maximum atomic E-state index is 12.0. The van der Waals surface area contributed by atoms with Crippen molar-refractivity contribution in [2.45, 2.75) is 25.3 Å². The monoisotopic (exact) mass is 353 g/mol. The lowest BCUT2D eigenvalue weighted by Crippen LogP contribution is -2.28. The van der Waals surface area contributed by atoms with E-state index in [0.717, 1.165) is 12.5 Å². The zero-order valence-electron chi connectivity index (χ0n) is 12.7. The first-order chi connectivity index (χ1) is 10.8. The first-order valence-electron chi connectivity index (χ1n) is 6.79. The van der Waals surface area contributed by atoms with Crippen LogP contribution < -0.4 is 9.46 Å². The summed E-state index contributed by atoms with van der Waals surface area (Å²) in [5.74, 6) is 0.0352. The number of amides is 1. The highest BCUT2D eigenvalue weighted by Crippen LogP contribution is 2.23. The number of carbonyl (C=O) groups is 1. The second kappa shape index (κ2) is 7.02. The number of ether oxygens (including phenoxy) is 1. The van der Waals surface area contributed by atoms with Crippen molar-refractivity contribution in [2.75, 3.05) is 0 Å². The summed E-state index contributed by atoms with van der Waals surface area (Å²) >= 11 is 5.89. The van der Waals surface area contributed by atoms with Gasteiger partial charge in [-0.25, -0.2) is 13.1 Å². The third-order valence-corrected chi connectivity index (χ3v) is 4.68. The Hall–Kier alpha value is -2.05. The first-order valence-corrected chi connectivity index (χ1v) is 8.65. The van der Waals surface area contributed by atoms with Crippen LogP contribution in [-0.2, 0) is 21.4 Å². The largest absolute Gasteiger partial charge is 0.489 e. The Morgan fingerprint density at radius 3 is 2.61 bits per heavy atom. The fourth-order valence-corrected chi connectivity index (χ4v) is 3.27. The number of hydrogen-bond donors (Lipinski definition) is 1. The second-order valence-corrected chi connectivity index (χ2v) is 7.13. The number of hydrogen-bond acceptors (Lipinski definition) is 4. The molecular formula is C16H16ClNO4S. The summed E-state index contributed by atoms with van der Waals surface area (Å²) in [5, 5.41) is 0.623. The van der Waals surface area contributed by atoms with Gasteiger partial charge in [0.1, 0.15) is 12.4 Å². The van der Waals surface area contributed by atoms with Crippen molar-refractivity contribution in [1.82, 2.24) is 4.72 Å². The van der Waals surface area contributed by atoms with Crippen LogP contribution in [0.4, 0.5) is 0 Å². The van der Waals surface area contributed by atoms with E-state index in [9.17, 15) is 13.2 Å². The topological polar surface area (TPSA) is 72.5 Å². The Labute approximate surface area is 140 Å². The van der Waals surface area contributed by atoms with Gasteiger partial charge in [0.2, 0.25) is 5.91 Å². The molecule has 0 atom stereocenters. The zero-order chi connectivity index (χ0) is 17.0. The molecule has 0 saturated heterocycles. The minimum Gasteiger partial charge on any atom is -0.489 e. The van der Waals surface area contributed by atoms with Gasteiger partial charge >= 0.3 is 0 Å². The molecule has 1 N–H and O–H groups in total. The normalized spacial score (nSPS) is 11.1. The van der Waals surface area contributed by atoms with E-state index in [1.165, 1.54) is 12.1 Å². The Morgan fingerprint density at radius 2 is 1.96 bits per heavy atom. The van der Waals surface area contributed by atoms with Crippen molar-refractivity contribution < 1.29 is 17.9 Å². The van der Waals surface area contributed by atoms with Crippen LogP contribution in [0.3, 0.4) is 0 Å². The van der Waals surface area contributed by atoms with E-state index >= 15 is 0 Å². The molecular weight excluding hydrogens is 338 g/mol. The highest BCUT2D eigenvalue weighted by Gasteiger charge is 2.15. The Balaban J connectivity index is 2.16. The molecule has 0 spiro atoms. The lowest BCUT2D eigenvalue weighted by molar-refractivity contribution is -0.117. The van der Waals surface area contributed by atoms with Crippen LogP contribution >= 0.6 is 11.6 Å². The maximum Gasteiger partial charge on any atom is 0.264 e. The Kier molecular flexibility index (Phi) is 5.28. The number of rotatable bonds is 5. The molecule has 0 fully saturated rings. The lowest BCUT2D eigenvalue weighted by Gasteiger charge is -2.11. The van der Waals surface area contributed by atoms with E-state index in [4.69, 9.17) is 16.3 Å². The third-order valence-electron chi connectivity index (χ3n) is 3.02. The minimum atomic E-state index is -3.85. The van der Waals surface area contributed by atoms with Gasteiger partial charge in [-0.1, -0.05) is 23.7 Å². The summed E-state index contributed by atoms with van der Waals surface area (Å²) in [7, 11) is -3.85. The molecule has 0 aliphatic rings. The molecule has 23 heavy (non-hydrogen) atoms. The molecule has 122 valence electrons. The van der Waals surface area contributed by atoms with Crippen LogP contribution in [0.25, 0.3) is 0 Å². The van der Waals surface area contributed by atoms with Crippen molar-refractivity contribution in [3.05, 3.63) is 58.6 Å². The van der Waals surface area contributed by atoms with Gasteiger partial charge in [0.25, 0.3) is 10.0 Å². The average Bonchev–Trinajstić information content (AvgIpc) is 2.45. The molecule has 1 amide bonds. The predicted octanol–water partition coefficient (Wildman–Crippen LogP) is 3.05. The van der Waals surface area contributed by atoms with Crippen molar-refractivity contribution in [1.29, 1.82) is 0 Å². The SMILES string of the molecule is CC(=O)NS(=O)(=O)c1cccc(COc2ccc(Cl)cc2C)c1. The molecule has 0 unspecified atom stereocenters. The van der Waals surface area contributed by atoms with Crippen LogP contribution in [0.1, 0.15) is 18.1 Å². The van der Waals surface area contributed by atoms with Crippen molar-refractivity contribution in [3.8, 4) is 5.75 Å². The molecule has 0 heterocycles. The predicted molar refractivity (Wildman–Crippen MR) is 88.0 cm³/mol.